The number of hydrogen-bond acceptors (Lipinski definition) is 2. The van der Waals surface area contributed by atoms with Crippen LogP contribution in [-0.2, 0) is 4.74 Å². The molecule has 0 aromatic heterocycles. The Morgan fingerprint density at radius 2 is 1.84 bits per heavy atom. The maximum absolute atomic E-state index is 6.16. The third-order valence-electron chi connectivity index (χ3n) is 4.21. The Balaban J connectivity index is 1.90. The average molecular weight is 261 g/mol. The molecule has 0 spiro atoms. The lowest BCUT2D eigenvalue weighted by Crippen LogP contribution is -2.25. The molecule has 106 valence electrons. The van der Waals surface area contributed by atoms with E-state index in [1.54, 1.807) is 0 Å². The van der Waals surface area contributed by atoms with Crippen molar-refractivity contribution in [2.75, 3.05) is 13.7 Å². The third-order valence-corrected chi connectivity index (χ3v) is 4.21. The van der Waals surface area contributed by atoms with E-state index in [1.165, 1.54) is 49.7 Å². The summed E-state index contributed by atoms with van der Waals surface area (Å²) in [6.07, 6.45) is 8.38. The second kappa shape index (κ2) is 7.66. The average Bonchev–Trinajstić information content (AvgIpc) is 2.70. The van der Waals surface area contributed by atoms with E-state index in [9.17, 15) is 0 Å². The molecule has 0 aliphatic heterocycles. The molecular weight excluding hydrogens is 234 g/mol. The van der Waals surface area contributed by atoms with Crippen LogP contribution in [0.3, 0.4) is 0 Å². The molecule has 1 fully saturated rings. The molecule has 0 bridgehead atoms. The van der Waals surface area contributed by atoms with Gasteiger partial charge in [0.25, 0.3) is 0 Å². The lowest BCUT2D eigenvalue weighted by atomic mass is 10.0. The first-order valence-electron chi connectivity index (χ1n) is 7.65. The second-order valence-corrected chi connectivity index (χ2v) is 5.64. The monoisotopic (exact) mass is 261 g/mol. The molecular formula is C17H27NO. The maximum atomic E-state index is 6.16. The van der Waals surface area contributed by atoms with Gasteiger partial charge in [0, 0.05) is 0 Å². The van der Waals surface area contributed by atoms with E-state index in [4.69, 9.17) is 4.74 Å². The molecule has 1 aliphatic carbocycles. The number of hydrogen-bond donors (Lipinski definition) is 1. The molecule has 1 aromatic rings. The number of rotatable bonds is 5. The minimum absolute atomic E-state index is 0.310. The van der Waals surface area contributed by atoms with E-state index in [0.29, 0.717) is 12.1 Å². The van der Waals surface area contributed by atoms with Crippen molar-refractivity contribution >= 4 is 0 Å². The Kier molecular flexibility index (Phi) is 5.87. The van der Waals surface area contributed by atoms with Gasteiger partial charge in [-0.25, -0.2) is 0 Å². The minimum Gasteiger partial charge on any atom is -0.376 e. The van der Waals surface area contributed by atoms with E-state index >= 15 is 0 Å². The van der Waals surface area contributed by atoms with Gasteiger partial charge in [0.1, 0.15) is 0 Å². The quantitative estimate of drug-likeness (QED) is 0.809. The Hall–Kier alpha value is -0.860. The first-order chi connectivity index (χ1) is 9.31. The summed E-state index contributed by atoms with van der Waals surface area (Å²) in [6, 6.07) is 8.89. The molecule has 1 saturated carbocycles. The van der Waals surface area contributed by atoms with Gasteiger partial charge in [0.05, 0.1) is 18.8 Å². The molecule has 0 radical (unpaired) electrons. The molecule has 2 heteroatoms. The fourth-order valence-electron chi connectivity index (χ4n) is 2.95. The van der Waals surface area contributed by atoms with Gasteiger partial charge in [-0.3, -0.25) is 0 Å². The first kappa shape index (κ1) is 14.5. The molecule has 19 heavy (non-hydrogen) atoms. The lowest BCUT2D eigenvalue weighted by molar-refractivity contribution is 0.0299. The van der Waals surface area contributed by atoms with Gasteiger partial charge in [-0.15, -0.1) is 0 Å². The molecule has 1 aromatic carbocycles. The van der Waals surface area contributed by atoms with Crippen molar-refractivity contribution in [3.63, 3.8) is 0 Å². The summed E-state index contributed by atoms with van der Waals surface area (Å²) in [5.41, 5.74) is 2.70. The van der Waals surface area contributed by atoms with Crippen molar-refractivity contribution in [3.05, 3.63) is 35.4 Å². The van der Waals surface area contributed by atoms with Crippen LogP contribution in [0.5, 0.6) is 0 Å². The van der Waals surface area contributed by atoms with E-state index in [1.807, 2.05) is 7.05 Å². The zero-order valence-corrected chi connectivity index (χ0v) is 12.3. The Bertz CT molecular complexity index is 369. The highest BCUT2D eigenvalue weighted by Gasteiger charge is 2.16. The highest BCUT2D eigenvalue weighted by molar-refractivity contribution is 5.28. The van der Waals surface area contributed by atoms with Crippen molar-refractivity contribution in [1.82, 2.24) is 5.32 Å². The van der Waals surface area contributed by atoms with E-state index < -0.39 is 0 Å². The van der Waals surface area contributed by atoms with Gasteiger partial charge < -0.3 is 10.1 Å². The summed E-state index contributed by atoms with van der Waals surface area (Å²) in [4.78, 5) is 0. The molecule has 0 amide bonds. The Morgan fingerprint density at radius 1 is 1.16 bits per heavy atom. The third kappa shape index (κ3) is 4.32. The fraction of sp³-hybridized carbons (Fsp3) is 0.647. The Labute approximate surface area is 117 Å². The lowest BCUT2D eigenvalue weighted by Gasteiger charge is -2.22. The highest BCUT2D eigenvalue weighted by Crippen LogP contribution is 2.23. The van der Waals surface area contributed by atoms with Crippen molar-refractivity contribution in [2.24, 2.45) is 0 Å². The zero-order chi connectivity index (χ0) is 13.5. The summed E-state index contributed by atoms with van der Waals surface area (Å²) in [6.45, 7) is 2.96. The smallest absolute Gasteiger partial charge is 0.0665 e. The molecule has 1 N–H and O–H groups in total. The van der Waals surface area contributed by atoms with Crippen LogP contribution >= 0.6 is 0 Å². The van der Waals surface area contributed by atoms with Crippen LogP contribution in [0, 0.1) is 6.92 Å². The molecule has 2 nitrogen and oxygen atoms in total. The predicted molar refractivity (Wildman–Crippen MR) is 80.4 cm³/mol. The first-order valence-corrected chi connectivity index (χ1v) is 7.65. The van der Waals surface area contributed by atoms with Crippen LogP contribution < -0.4 is 5.32 Å². The summed E-state index contributed by atoms with van der Waals surface area (Å²) >= 11 is 0. The van der Waals surface area contributed by atoms with E-state index in [0.717, 1.165) is 6.61 Å². The number of aryl methyl sites for hydroxylation is 1. The fourth-order valence-corrected chi connectivity index (χ4v) is 2.95. The van der Waals surface area contributed by atoms with Gasteiger partial charge in [0.2, 0.25) is 0 Å². The standard InChI is InChI=1S/C17H27NO/c1-14-9-7-8-12-16(14)17(18-2)13-19-15-10-5-3-4-6-11-15/h7-9,12,15,17-18H,3-6,10-11,13H2,1-2H3. The van der Waals surface area contributed by atoms with Gasteiger partial charge in [-0.2, -0.15) is 0 Å². The number of nitrogens with one attached hydrogen (secondary N) is 1. The van der Waals surface area contributed by atoms with Crippen LogP contribution in [0.1, 0.15) is 55.7 Å². The molecule has 0 heterocycles. The largest absolute Gasteiger partial charge is 0.376 e. The van der Waals surface area contributed by atoms with Crippen molar-refractivity contribution in [2.45, 2.75) is 57.6 Å². The van der Waals surface area contributed by atoms with Crippen LogP contribution in [0.2, 0.25) is 0 Å². The normalized spacial score (nSPS) is 19.1. The van der Waals surface area contributed by atoms with Gasteiger partial charge in [-0.1, -0.05) is 49.9 Å². The number of ether oxygens (including phenoxy) is 1. The summed E-state index contributed by atoms with van der Waals surface area (Å²) in [5.74, 6) is 0. The SMILES string of the molecule is CNC(COC1CCCCCC1)c1ccccc1C. The van der Waals surface area contributed by atoms with E-state index in [2.05, 4.69) is 36.5 Å². The van der Waals surface area contributed by atoms with Crippen LogP contribution in [-0.4, -0.2) is 19.8 Å². The van der Waals surface area contributed by atoms with Crippen LogP contribution in [0.15, 0.2) is 24.3 Å². The second-order valence-electron chi connectivity index (χ2n) is 5.64. The molecule has 1 unspecified atom stereocenters. The molecule has 1 aliphatic rings. The van der Waals surface area contributed by atoms with Crippen molar-refractivity contribution in [3.8, 4) is 0 Å². The van der Waals surface area contributed by atoms with Crippen LogP contribution in [0.25, 0.3) is 0 Å². The topological polar surface area (TPSA) is 21.3 Å². The summed E-state index contributed by atoms with van der Waals surface area (Å²) in [5, 5.41) is 3.39. The summed E-state index contributed by atoms with van der Waals surface area (Å²) < 4.78 is 6.16. The number of likely N-dealkylation sites (N-methyl/N-ethyl adjacent to an activating group) is 1. The maximum Gasteiger partial charge on any atom is 0.0665 e. The van der Waals surface area contributed by atoms with Gasteiger partial charge in [0.15, 0.2) is 0 Å². The zero-order valence-electron chi connectivity index (χ0n) is 12.3. The summed E-state index contributed by atoms with van der Waals surface area (Å²) in [7, 11) is 2.02. The highest BCUT2D eigenvalue weighted by atomic mass is 16.5. The van der Waals surface area contributed by atoms with Crippen molar-refractivity contribution < 1.29 is 4.74 Å². The minimum atomic E-state index is 0.310. The molecule has 2 rings (SSSR count). The predicted octanol–water partition coefficient (Wildman–Crippen LogP) is 3.99. The molecule has 0 saturated heterocycles. The van der Waals surface area contributed by atoms with Gasteiger partial charge in [-0.05, 0) is 37.9 Å². The molecule has 1 atom stereocenters. The van der Waals surface area contributed by atoms with E-state index in [-0.39, 0.29) is 0 Å². The number of benzene rings is 1. The Morgan fingerprint density at radius 3 is 2.47 bits per heavy atom. The van der Waals surface area contributed by atoms with Crippen LogP contribution in [0.4, 0.5) is 0 Å². The van der Waals surface area contributed by atoms with Gasteiger partial charge >= 0.3 is 0 Å². The van der Waals surface area contributed by atoms with Crippen molar-refractivity contribution in [1.29, 1.82) is 0 Å².